The second kappa shape index (κ2) is 8.58. The maximum atomic E-state index is 5.99. The summed E-state index contributed by atoms with van der Waals surface area (Å²) in [6, 6.07) is 6.68. The molecule has 1 saturated heterocycles. The summed E-state index contributed by atoms with van der Waals surface area (Å²) >= 11 is 0. The van der Waals surface area contributed by atoms with E-state index in [0.717, 1.165) is 18.8 Å². The normalized spacial score (nSPS) is 18.2. The van der Waals surface area contributed by atoms with Gasteiger partial charge in [0, 0.05) is 25.3 Å². The number of ether oxygens (including phenoxy) is 1. The molecule has 3 heteroatoms. The number of likely N-dealkylation sites (tertiary alicyclic amines) is 1. The van der Waals surface area contributed by atoms with Crippen LogP contribution in [-0.4, -0.2) is 44.2 Å². The second-order valence-electron chi connectivity index (χ2n) is 6.99. The zero-order valence-corrected chi connectivity index (χ0v) is 14.7. The first-order valence-electron chi connectivity index (χ1n) is 9.60. The quantitative estimate of drug-likeness (QED) is 0.671. The van der Waals surface area contributed by atoms with Crippen molar-refractivity contribution in [1.82, 2.24) is 4.90 Å². The Kier molecular flexibility index (Phi) is 6.21. The van der Waals surface area contributed by atoms with Gasteiger partial charge in [0.05, 0.1) is 6.61 Å². The van der Waals surface area contributed by atoms with Crippen LogP contribution in [0, 0.1) is 0 Å². The van der Waals surface area contributed by atoms with Crippen molar-refractivity contribution in [3.05, 3.63) is 23.8 Å². The monoisotopic (exact) mass is 316 g/mol. The molecule has 1 fully saturated rings. The molecular formula is C20H32N2O. The third kappa shape index (κ3) is 4.63. The molecule has 128 valence electrons. The number of hydrogen-bond donors (Lipinski definition) is 0. The van der Waals surface area contributed by atoms with Crippen LogP contribution in [0.1, 0.15) is 51.0 Å². The first kappa shape index (κ1) is 16.6. The van der Waals surface area contributed by atoms with Gasteiger partial charge in [-0.3, -0.25) is 0 Å². The van der Waals surface area contributed by atoms with E-state index in [1.807, 2.05) is 0 Å². The van der Waals surface area contributed by atoms with Crippen molar-refractivity contribution in [2.24, 2.45) is 0 Å². The van der Waals surface area contributed by atoms with E-state index in [9.17, 15) is 0 Å². The molecule has 0 bridgehead atoms. The Labute approximate surface area is 141 Å². The van der Waals surface area contributed by atoms with Crippen LogP contribution in [0.3, 0.4) is 0 Å². The number of fused-ring (bicyclic) bond motifs is 1. The molecule has 0 amide bonds. The van der Waals surface area contributed by atoms with Gasteiger partial charge in [-0.25, -0.2) is 0 Å². The Morgan fingerprint density at radius 1 is 1.00 bits per heavy atom. The molecule has 0 saturated carbocycles. The van der Waals surface area contributed by atoms with Crippen LogP contribution in [0.25, 0.3) is 0 Å². The number of anilines is 1. The summed E-state index contributed by atoms with van der Waals surface area (Å²) in [5, 5.41) is 0. The van der Waals surface area contributed by atoms with Crippen LogP contribution in [0.15, 0.2) is 18.2 Å². The maximum Gasteiger partial charge on any atom is 0.119 e. The molecule has 0 unspecified atom stereocenters. The summed E-state index contributed by atoms with van der Waals surface area (Å²) < 4.78 is 5.99. The number of piperidine rings is 1. The molecular weight excluding hydrogens is 284 g/mol. The summed E-state index contributed by atoms with van der Waals surface area (Å²) in [6.45, 7) is 9.23. The zero-order chi connectivity index (χ0) is 15.9. The first-order chi connectivity index (χ1) is 11.4. The smallest absolute Gasteiger partial charge is 0.119 e. The fourth-order valence-corrected chi connectivity index (χ4v) is 3.78. The van der Waals surface area contributed by atoms with Crippen molar-refractivity contribution in [2.45, 2.75) is 51.9 Å². The van der Waals surface area contributed by atoms with Crippen molar-refractivity contribution in [1.29, 1.82) is 0 Å². The minimum absolute atomic E-state index is 0.842. The number of nitrogens with zero attached hydrogens (tertiary/aromatic N) is 2. The van der Waals surface area contributed by atoms with E-state index < -0.39 is 0 Å². The number of rotatable bonds is 8. The average molecular weight is 316 g/mol. The summed E-state index contributed by atoms with van der Waals surface area (Å²) in [4.78, 5) is 5.11. The third-order valence-corrected chi connectivity index (χ3v) is 5.16. The second-order valence-corrected chi connectivity index (χ2v) is 6.99. The Bertz CT molecular complexity index is 483. The molecule has 3 nitrogen and oxygen atoms in total. The van der Waals surface area contributed by atoms with Gasteiger partial charge in [-0.2, -0.15) is 0 Å². The largest absolute Gasteiger partial charge is 0.494 e. The predicted octanol–water partition coefficient (Wildman–Crippen LogP) is 4.10. The van der Waals surface area contributed by atoms with Gasteiger partial charge in [0.25, 0.3) is 0 Å². The molecule has 3 rings (SSSR count). The van der Waals surface area contributed by atoms with E-state index in [1.54, 1.807) is 0 Å². The summed E-state index contributed by atoms with van der Waals surface area (Å²) in [6.07, 6.45) is 9.03. The van der Waals surface area contributed by atoms with Crippen LogP contribution in [-0.2, 0) is 6.42 Å². The van der Waals surface area contributed by atoms with E-state index in [1.165, 1.54) is 82.5 Å². The number of unbranched alkanes of at least 4 members (excludes halogenated alkanes) is 1. The lowest BCUT2D eigenvalue weighted by Crippen LogP contribution is -2.31. The minimum atomic E-state index is 0.842. The molecule has 0 atom stereocenters. The van der Waals surface area contributed by atoms with Gasteiger partial charge in [-0.15, -0.1) is 0 Å². The summed E-state index contributed by atoms with van der Waals surface area (Å²) in [5.74, 6) is 1.06. The molecule has 2 aliphatic heterocycles. The van der Waals surface area contributed by atoms with Crippen LogP contribution in [0.4, 0.5) is 5.69 Å². The highest BCUT2D eigenvalue weighted by Crippen LogP contribution is 2.31. The molecule has 1 aromatic rings. The number of benzene rings is 1. The molecule has 0 spiro atoms. The highest BCUT2D eigenvalue weighted by molar-refractivity contribution is 5.60. The molecule has 0 radical (unpaired) electrons. The number of hydrogen-bond acceptors (Lipinski definition) is 3. The van der Waals surface area contributed by atoms with Crippen LogP contribution in [0.5, 0.6) is 5.75 Å². The fourth-order valence-electron chi connectivity index (χ4n) is 3.78. The third-order valence-electron chi connectivity index (χ3n) is 5.16. The molecule has 0 N–H and O–H groups in total. The van der Waals surface area contributed by atoms with Gasteiger partial charge in [-0.05, 0) is 69.0 Å². The van der Waals surface area contributed by atoms with Gasteiger partial charge in [0.1, 0.15) is 5.75 Å². The SMILES string of the molecule is CCCCN1CCc2cc(OCCCN3CCCCC3)ccc21. The summed E-state index contributed by atoms with van der Waals surface area (Å²) in [5.41, 5.74) is 2.90. The highest BCUT2D eigenvalue weighted by Gasteiger charge is 2.18. The van der Waals surface area contributed by atoms with Crippen molar-refractivity contribution >= 4 is 5.69 Å². The molecule has 0 aliphatic carbocycles. The van der Waals surface area contributed by atoms with Crippen LogP contribution in [0.2, 0.25) is 0 Å². The van der Waals surface area contributed by atoms with Gasteiger partial charge in [0.2, 0.25) is 0 Å². The Morgan fingerprint density at radius 2 is 1.87 bits per heavy atom. The van der Waals surface area contributed by atoms with E-state index in [0.29, 0.717) is 0 Å². The van der Waals surface area contributed by atoms with Gasteiger partial charge in [-0.1, -0.05) is 19.8 Å². The van der Waals surface area contributed by atoms with Crippen molar-refractivity contribution in [3.63, 3.8) is 0 Å². The lowest BCUT2D eigenvalue weighted by Gasteiger charge is -2.26. The molecule has 2 aliphatic rings. The van der Waals surface area contributed by atoms with Crippen molar-refractivity contribution in [3.8, 4) is 5.75 Å². The minimum Gasteiger partial charge on any atom is -0.494 e. The average Bonchev–Trinajstić information content (AvgIpc) is 3.00. The van der Waals surface area contributed by atoms with Gasteiger partial charge < -0.3 is 14.5 Å². The predicted molar refractivity (Wildman–Crippen MR) is 97.7 cm³/mol. The van der Waals surface area contributed by atoms with Crippen molar-refractivity contribution < 1.29 is 4.74 Å². The molecule has 23 heavy (non-hydrogen) atoms. The zero-order valence-electron chi connectivity index (χ0n) is 14.7. The lowest BCUT2D eigenvalue weighted by atomic mass is 10.1. The Balaban J connectivity index is 1.42. The lowest BCUT2D eigenvalue weighted by molar-refractivity contribution is 0.205. The maximum absolute atomic E-state index is 5.99. The van der Waals surface area contributed by atoms with Gasteiger partial charge in [0.15, 0.2) is 0 Å². The Morgan fingerprint density at radius 3 is 2.70 bits per heavy atom. The first-order valence-corrected chi connectivity index (χ1v) is 9.60. The van der Waals surface area contributed by atoms with Crippen LogP contribution < -0.4 is 9.64 Å². The highest BCUT2D eigenvalue weighted by atomic mass is 16.5. The molecule has 0 aromatic heterocycles. The van der Waals surface area contributed by atoms with Crippen LogP contribution >= 0.6 is 0 Å². The fraction of sp³-hybridized carbons (Fsp3) is 0.700. The molecule has 2 heterocycles. The van der Waals surface area contributed by atoms with E-state index >= 15 is 0 Å². The standard InChI is InChI=1S/C20H32N2O/c1-2-3-14-22-15-10-18-17-19(8-9-20(18)22)23-16-7-13-21-11-5-4-6-12-21/h8-9,17H,2-7,10-16H2,1H3. The Hall–Kier alpha value is -1.22. The van der Waals surface area contributed by atoms with Gasteiger partial charge >= 0.3 is 0 Å². The summed E-state index contributed by atoms with van der Waals surface area (Å²) in [7, 11) is 0. The van der Waals surface area contributed by atoms with E-state index in [4.69, 9.17) is 4.74 Å². The van der Waals surface area contributed by atoms with E-state index in [2.05, 4.69) is 34.9 Å². The molecule has 1 aromatic carbocycles. The van der Waals surface area contributed by atoms with Crippen molar-refractivity contribution in [2.75, 3.05) is 44.2 Å². The topological polar surface area (TPSA) is 15.7 Å². The van der Waals surface area contributed by atoms with E-state index in [-0.39, 0.29) is 0 Å².